The Morgan fingerprint density at radius 3 is 2.07 bits per heavy atom. The molecule has 1 aliphatic heterocycles. The fourth-order valence-electron chi connectivity index (χ4n) is 2.89. The van der Waals surface area contributed by atoms with Crippen LogP contribution in [0.3, 0.4) is 0 Å². The fraction of sp³-hybridized carbons (Fsp3) is 0.158. The molecule has 0 fully saturated rings. The molecule has 4 nitrogen and oxygen atoms in total. The molecule has 1 N–H and O–H groups in total. The number of hydrogen-bond acceptors (Lipinski definition) is 5. The number of rotatable bonds is 3. The third kappa shape index (κ3) is 3.73. The van der Waals surface area contributed by atoms with Crippen molar-refractivity contribution < 1.29 is 18.3 Å². The van der Waals surface area contributed by atoms with Crippen LogP contribution < -0.4 is 5.01 Å². The summed E-state index contributed by atoms with van der Waals surface area (Å²) in [5.74, 6) is 0. The van der Waals surface area contributed by atoms with Crippen molar-refractivity contribution >= 4 is 45.4 Å². The van der Waals surface area contributed by atoms with Crippen molar-refractivity contribution in [1.82, 2.24) is 4.98 Å². The minimum atomic E-state index is -4.95. The molecular weight excluding hydrogens is 446 g/mol. The van der Waals surface area contributed by atoms with Crippen molar-refractivity contribution in [3.8, 4) is 11.3 Å². The summed E-state index contributed by atoms with van der Waals surface area (Å²) in [6, 6.07) is 13.0. The molecule has 0 aliphatic carbocycles. The zero-order chi connectivity index (χ0) is 20.8. The molecule has 29 heavy (non-hydrogen) atoms. The summed E-state index contributed by atoms with van der Waals surface area (Å²) in [6.07, 6.45) is -5.68. The number of anilines is 1. The Hall–Kier alpha value is -2.13. The van der Waals surface area contributed by atoms with Crippen LogP contribution >= 0.6 is 34.5 Å². The number of hydrogen-bond donors (Lipinski definition) is 1. The van der Waals surface area contributed by atoms with E-state index in [9.17, 15) is 18.3 Å². The van der Waals surface area contributed by atoms with Gasteiger partial charge in [0.2, 0.25) is 5.13 Å². The van der Waals surface area contributed by atoms with Crippen LogP contribution in [0.2, 0.25) is 10.0 Å². The largest absolute Gasteiger partial charge is 0.438 e. The van der Waals surface area contributed by atoms with Gasteiger partial charge < -0.3 is 5.11 Å². The number of thiazole rings is 1. The maximum absolute atomic E-state index is 13.8. The first-order valence-corrected chi connectivity index (χ1v) is 9.95. The summed E-state index contributed by atoms with van der Waals surface area (Å²) in [7, 11) is 0. The van der Waals surface area contributed by atoms with E-state index in [-0.39, 0.29) is 10.8 Å². The van der Waals surface area contributed by atoms with Gasteiger partial charge in [0.25, 0.3) is 5.72 Å². The Morgan fingerprint density at radius 1 is 0.966 bits per heavy atom. The van der Waals surface area contributed by atoms with Crippen molar-refractivity contribution in [1.29, 1.82) is 0 Å². The van der Waals surface area contributed by atoms with E-state index >= 15 is 0 Å². The maximum Gasteiger partial charge on any atom is 0.438 e. The standard InChI is InChI=1S/C19H12Cl2F3N3OS/c20-13-5-1-11(2-6-13)15-9-18(28,19(22,23)24)27(26-15)17-25-16(10-29-17)12-3-7-14(21)8-4-12/h1-8,10,28H,9H2/t18-/m0/s1. The van der Waals surface area contributed by atoms with Gasteiger partial charge in [-0.2, -0.15) is 23.3 Å². The van der Waals surface area contributed by atoms with E-state index in [4.69, 9.17) is 23.2 Å². The monoisotopic (exact) mass is 457 g/mol. The van der Waals surface area contributed by atoms with Gasteiger partial charge in [0.05, 0.1) is 17.8 Å². The molecule has 0 radical (unpaired) electrons. The van der Waals surface area contributed by atoms with Crippen LogP contribution in [-0.2, 0) is 0 Å². The van der Waals surface area contributed by atoms with E-state index in [1.54, 1.807) is 53.9 Å². The molecule has 0 bridgehead atoms. The Bertz CT molecular complexity index is 1070. The molecule has 150 valence electrons. The maximum atomic E-state index is 13.8. The third-order valence-corrected chi connectivity index (χ3v) is 5.75. The van der Waals surface area contributed by atoms with Gasteiger partial charge in [-0.3, -0.25) is 0 Å². The van der Waals surface area contributed by atoms with Crippen LogP contribution in [0.1, 0.15) is 12.0 Å². The third-order valence-electron chi connectivity index (χ3n) is 4.43. The molecule has 1 aromatic heterocycles. The molecular formula is C19H12Cl2F3N3OS. The number of hydrazone groups is 1. The summed E-state index contributed by atoms with van der Waals surface area (Å²) in [5.41, 5.74) is -1.52. The molecule has 4 rings (SSSR count). The number of aliphatic hydroxyl groups is 1. The van der Waals surface area contributed by atoms with Gasteiger partial charge in [-0.1, -0.05) is 47.5 Å². The van der Waals surface area contributed by atoms with Gasteiger partial charge in [-0.25, -0.2) is 4.98 Å². The molecule has 0 saturated carbocycles. The number of nitrogens with zero attached hydrogens (tertiary/aromatic N) is 3. The van der Waals surface area contributed by atoms with Crippen LogP contribution in [0.15, 0.2) is 59.0 Å². The first-order valence-electron chi connectivity index (χ1n) is 8.31. The highest BCUT2D eigenvalue weighted by Crippen LogP contribution is 2.45. The fourth-order valence-corrected chi connectivity index (χ4v) is 3.99. The van der Waals surface area contributed by atoms with Gasteiger partial charge in [0.15, 0.2) is 0 Å². The second-order valence-electron chi connectivity index (χ2n) is 6.38. The van der Waals surface area contributed by atoms with Crippen LogP contribution in [0.5, 0.6) is 0 Å². The molecule has 3 aromatic rings. The lowest BCUT2D eigenvalue weighted by Crippen LogP contribution is -2.55. The quantitative estimate of drug-likeness (QED) is 0.525. The number of aromatic nitrogens is 1. The zero-order valence-electron chi connectivity index (χ0n) is 14.5. The molecule has 1 atom stereocenters. The summed E-state index contributed by atoms with van der Waals surface area (Å²) in [4.78, 5) is 4.26. The Balaban J connectivity index is 1.74. The number of alkyl halides is 3. The second kappa shape index (κ2) is 7.28. The SMILES string of the molecule is O[C@]1(C(F)(F)F)CC(c2ccc(Cl)cc2)=NN1c1nc(-c2ccc(Cl)cc2)cs1. The van der Waals surface area contributed by atoms with Crippen molar-refractivity contribution in [3.63, 3.8) is 0 Å². The van der Waals surface area contributed by atoms with Gasteiger partial charge in [0.1, 0.15) is 0 Å². The molecule has 0 spiro atoms. The van der Waals surface area contributed by atoms with E-state index in [2.05, 4.69) is 10.1 Å². The van der Waals surface area contributed by atoms with Crippen LogP contribution in [0.4, 0.5) is 18.3 Å². The summed E-state index contributed by atoms with van der Waals surface area (Å²) in [5, 5.41) is 17.7. The van der Waals surface area contributed by atoms with Gasteiger partial charge in [0, 0.05) is 21.0 Å². The van der Waals surface area contributed by atoms with Gasteiger partial charge in [-0.15, -0.1) is 11.3 Å². The smallest absolute Gasteiger partial charge is 0.362 e. The Labute approximate surface area is 177 Å². The normalized spacial score (nSPS) is 19.5. The van der Waals surface area contributed by atoms with E-state index < -0.39 is 18.3 Å². The molecule has 2 heterocycles. The lowest BCUT2D eigenvalue weighted by atomic mass is 10.0. The van der Waals surface area contributed by atoms with Gasteiger partial charge in [-0.05, 0) is 29.8 Å². The Morgan fingerprint density at radius 2 is 1.52 bits per heavy atom. The highest BCUT2D eigenvalue weighted by atomic mass is 35.5. The molecule has 0 saturated heterocycles. The van der Waals surface area contributed by atoms with Gasteiger partial charge >= 0.3 is 6.18 Å². The summed E-state index contributed by atoms with van der Waals surface area (Å²) < 4.78 is 41.4. The summed E-state index contributed by atoms with van der Waals surface area (Å²) in [6.45, 7) is 0. The number of halogens is 5. The highest BCUT2D eigenvalue weighted by Gasteiger charge is 2.62. The highest BCUT2D eigenvalue weighted by molar-refractivity contribution is 7.14. The topological polar surface area (TPSA) is 48.7 Å². The van der Waals surface area contributed by atoms with E-state index in [0.29, 0.717) is 31.9 Å². The first-order chi connectivity index (χ1) is 13.7. The van der Waals surface area contributed by atoms with E-state index in [1.807, 2.05) is 0 Å². The summed E-state index contributed by atoms with van der Waals surface area (Å²) >= 11 is 12.7. The van der Waals surface area contributed by atoms with Crippen LogP contribution in [0, 0.1) is 0 Å². The average Bonchev–Trinajstić information content (AvgIpc) is 3.28. The lowest BCUT2D eigenvalue weighted by Gasteiger charge is -2.32. The molecule has 1 aliphatic rings. The van der Waals surface area contributed by atoms with Crippen LogP contribution in [-0.4, -0.2) is 27.7 Å². The van der Waals surface area contributed by atoms with Crippen molar-refractivity contribution in [3.05, 3.63) is 69.5 Å². The predicted octanol–water partition coefficient (Wildman–Crippen LogP) is 5.98. The van der Waals surface area contributed by atoms with Crippen molar-refractivity contribution in [2.75, 3.05) is 5.01 Å². The number of benzene rings is 2. The van der Waals surface area contributed by atoms with Crippen LogP contribution in [0.25, 0.3) is 11.3 Å². The van der Waals surface area contributed by atoms with Crippen molar-refractivity contribution in [2.24, 2.45) is 5.10 Å². The molecule has 0 unspecified atom stereocenters. The molecule has 2 aromatic carbocycles. The minimum Gasteiger partial charge on any atom is -0.362 e. The minimum absolute atomic E-state index is 0.0706. The second-order valence-corrected chi connectivity index (χ2v) is 8.09. The first kappa shape index (κ1) is 20.2. The van der Waals surface area contributed by atoms with E-state index in [0.717, 1.165) is 11.3 Å². The predicted molar refractivity (Wildman–Crippen MR) is 109 cm³/mol. The van der Waals surface area contributed by atoms with E-state index in [1.165, 1.54) is 0 Å². The lowest BCUT2D eigenvalue weighted by molar-refractivity contribution is -0.254. The average molecular weight is 458 g/mol. The molecule has 10 heteroatoms. The Kier molecular flexibility index (Phi) is 5.06. The zero-order valence-corrected chi connectivity index (χ0v) is 16.8. The molecule has 0 amide bonds. The van der Waals surface area contributed by atoms with Crippen molar-refractivity contribution in [2.45, 2.75) is 18.3 Å².